The minimum Gasteiger partial charge on any atom is -0.389 e. The third kappa shape index (κ3) is 5.13. The van der Waals surface area contributed by atoms with Crippen LogP contribution in [0.2, 0.25) is 0 Å². The summed E-state index contributed by atoms with van der Waals surface area (Å²) in [5, 5.41) is 12.5. The number of nitrogens with zero attached hydrogens (tertiary/aromatic N) is 2. The van der Waals surface area contributed by atoms with Crippen LogP contribution in [-0.4, -0.2) is 54.3 Å². The Kier molecular flexibility index (Phi) is 6.27. The lowest BCUT2D eigenvalue weighted by atomic mass is 10.1. The number of thiazole rings is 1. The summed E-state index contributed by atoms with van der Waals surface area (Å²) in [5.74, 6) is -0.0683. The monoisotopic (exact) mass is 334 g/mol. The summed E-state index contributed by atoms with van der Waals surface area (Å²) < 4.78 is 4.87. The minimum absolute atomic E-state index is 0.0683. The summed E-state index contributed by atoms with van der Waals surface area (Å²) in [4.78, 5) is 18.2. The van der Waals surface area contributed by atoms with Crippen LogP contribution in [0.15, 0.2) is 29.6 Å². The Morgan fingerprint density at radius 1 is 1.48 bits per heavy atom. The molecule has 0 aliphatic rings. The molecule has 1 N–H and O–H groups in total. The number of likely N-dealkylation sites (N-methyl/N-ethyl adjacent to an activating group) is 1. The number of aliphatic hydroxyl groups is 1. The smallest absolute Gasteiger partial charge is 0.228 e. The third-order valence-electron chi connectivity index (χ3n) is 3.42. The van der Waals surface area contributed by atoms with Crippen LogP contribution in [0.3, 0.4) is 0 Å². The van der Waals surface area contributed by atoms with Crippen molar-refractivity contribution in [3.05, 3.63) is 40.9 Å². The second kappa shape index (κ2) is 8.19. The average Bonchev–Trinajstić information content (AvgIpc) is 2.96. The van der Waals surface area contributed by atoms with Gasteiger partial charge in [-0.15, -0.1) is 11.3 Å². The van der Waals surface area contributed by atoms with Crippen LogP contribution in [0.5, 0.6) is 0 Å². The van der Waals surface area contributed by atoms with Crippen molar-refractivity contribution in [1.29, 1.82) is 0 Å². The highest BCUT2D eigenvalue weighted by Crippen LogP contribution is 2.24. The standard InChI is InChI=1S/C17H22N2O3S/c1-12-5-4-6-13(7-12)17-18-14(11-23-17)8-16(21)19(2)9-15(20)10-22-3/h4-7,11,15,20H,8-10H2,1-3H3. The lowest BCUT2D eigenvalue weighted by Gasteiger charge is -2.20. The number of ether oxygens (including phenoxy) is 1. The van der Waals surface area contributed by atoms with E-state index in [1.807, 2.05) is 30.5 Å². The van der Waals surface area contributed by atoms with Crippen molar-refractivity contribution in [3.8, 4) is 10.6 Å². The van der Waals surface area contributed by atoms with Crippen LogP contribution in [-0.2, 0) is 16.0 Å². The zero-order chi connectivity index (χ0) is 16.8. The van der Waals surface area contributed by atoms with Crippen LogP contribution in [0.4, 0.5) is 0 Å². The Morgan fingerprint density at radius 3 is 2.96 bits per heavy atom. The molecule has 0 radical (unpaired) electrons. The molecule has 5 nitrogen and oxygen atoms in total. The van der Waals surface area contributed by atoms with Crippen LogP contribution in [0.25, 0.3) is 10.6 Å². The first-order valence-electron chi connectivity index (χ1n) is 7.42. The van der Waals surface area contributed by atoms with Gasteiger partial charge in [-0.25, -0.2) is 4.98 Å². The molecule has 1 heterocycles. The van der Waals surface area contributed by atoms with Crippen molar-refractivity contribution < 1.29 is 14.6 Å². The average molecular weight is 334 g/mol. The normalized spacial score (nSPS) is 12.2. The number of aryl methyl sites for hydroxylation is 1. The number of hydrogen-bond donors (Lipinski definition) is 1. The van der Waals surface area contributed by atoms with Gasteiger partial charge in [-0.05, 0) is 13.0 Å². The molecule has 1 amide bonds. The van der Waals surface area contributed by atoms with Gasteiger partial charge in [-0.2, -0.15) is 0 Å². The second-order valence-corrected chi connectivity index (χ2v) is 6.43. The van der Waals surface area contributed by atoms with Gasteiger partial charge in [0, 0.05) is 31.6 Å². The van der Waals surface area contributed by atoms with Gasteiger partial charge >= 0.3 is 0 Å². The fourth-order valence-electron chi connectivity index (χ4n) is 2.25. The van der Waals surface area contributed by atoms with E-state index in [-0.39, 0.29) is 25.5 Å². The fraction of sp³-hybridized carbons (Fsp3) is 0.412. The summed E-state index contributed by atoms with van der Waals surface area (Å²) >= 11 is 1.54. The molecule has 0 saturated carbocycles. The molecule has 1 atom stereocenters. The molecular weight excluding hydrogens is 312 g/mol. The predicted molar refractivity (Wildman–Crippen MR) is 91.5 cm³/mol. The molecular formula is C17H22N2O3S. The van der Waals surface area contributed by atoms with Gasteiger partial charge in [0.2, 0.25) is 5.91 Å². The quantitative estimate of drug-likeness (QED) is 0.842. The molecule has 124 valence electrons. The zero-order valence-electron chi connectivity index (χ0n) is 13.7. The van der Waals surface area contributed by atoms with Gasteiger partial charge in [0.25, 0.3) is 0 Å². The first-order valence-corrected chi connectivity index (χ1v) is 8.30. The highest BCUT2D eigenvalue weighted by molar-refractivity contribution is 7.13. The molecule has 23 heavy (non-hydrogen) atoms. The van der Waals surface area contributed by atoms with E-state index in [2.05, 4.69) is 11.1 Å². The van der Waals surface area contributed by atoms with E-state index in [4.69, 9.17) is 4.74 Å². The predicted octanol–water partition coefficient (Wildman–Crippen LogP) is 2.13. The van der Waals surface area contributed by atoms with Crippen molar-refractivity contribution in [2.75, 3.05) is 27.3 Å². The van der Waals surface area contributed by atoms with Gasteiger partial charge in [0.05, 0.1) is 24.8 Å². The number of aromatic nitrogens is 1. The van der Waals surface area contributed by atoms with Gasteiger partial charge in [0.15, 0.2) is 0 Å². The summed E-state index contributed by atoms with van der Waals surface area (Å²) in [6, 6.07) is 8.14. The maximum absolute atomic E-state index is 12.2. The van der Waals surface area contributed by atoms with Crippen molar-refractivity contribution in [3.63, 3.8) is 0 Å². The molecule has 6 heteroatoms. The van der Waals surface area contributed by atoms with Crippen molar-refractivity contribution in [1.82, 2.24) is 9.88 Å². The minimum atomic E-state index is -0.674. The number of carbonyl (C=O) groups excluding carboxylic acids is 1. The van der Waals surface area contributed by atoms with Crippen LogP contribution < -0.4 is 0 Å². The number of carbonyl (C=O) groups is 1. The molecule has 0 fully saturated rings. The van der Waals surface area contributed by atoms with Crippen molar-refractivity contribution in [2.45, 2.75) is 19.4 Å². The fourth-order valence-corrected chi connectivity index (χ4v) is 3.07. The lowest BCUT2D eigenvalue weighted by Crippen LogP contribution is -2.37. The highest BCUT2D eigenvalue weighted by Gasteiger charge is 2.16. The molecule has 0 aliphatic heterocycles. The summed E-state index contributed by atoms with van der Waals surface area (Å²) in [6.45, 7) is 2.51. The Hall–Kier alpha value is -1.76. The molecule has 2 rings (SSSR count). The number of aliphatic hydroxyl groups excluding tert-OH is 1. The number of amides is 1. The molecule has 0 bridgehead atoms. The van der Waals surface area contributed by atoms with Crippen LogP contribution in [0.1, 0.15) is 11.3 Å². The van der Waals surface area contributed by atoms with E-state index in [1.165, 1.54) is 28.9 Å². The maximum Gasteiger partial charge on any atom is 0.228 e. The first kappa shape index (κ1) is 17.6. The molecule has 0 saturated heterocycles. The van der Waals surface area contributed by atoms with E-state index in [0.717, 1.165) is 16.3 Å². The SMILES string of the molecule is COCC(O)CN(C)C(=O)Cc1csc(-c2cccc(C)c2)n1. The Morgan fingerprint density at radius 2 is 2.26 bits per heavy atom. The van der Waals surface area contributed by atoms with Gasteiger partial charge in [0.1, 0.15) is 5.01 Å². The van der Waals surface area contributed by atoms with Crippen LogP contribution in [0, 0.1) is 6.92 Å². The topological polar surface area (TPSA) is 62.7 Å². The summed E-state index contributed by atoms with van der Waals surface area (Å²) in [7, 11) is 3.20. The zero-order valence-corrected chi connectivity index (χ0v) is 14.5. The van der Waals surface area contributed by atoms with Crippen molar-refractivity contribution in [2.24, 2.45) is 0 Å². The Balaban J connectivity index is 1.97. The third-order valence-corrected chi connectivity index (χ3v) is 4.36. The van der Waals surface area contributed by atoms with Gasteiger partial charge in [-0.3, -0.25) is 4.79 Å². The number of rotatable bonds is 7. The first-order chi connectivity index (χ1) is 11.0. The number of hydrogen-bond acceptors (Lipinski definition) is 5. The van der Waals surface area contributed by atoms with E-state index in [9.17, 15) is 9.90 Å². The van der Waals surface area contributed by atoms with E-state index < -0.39 is 6.10 Å². The second-order valence-electron chi connectivity index (χ2n) is 5.57. The largest absolute Gasteiger partial charge is 0.389 e. The lowest BCUT2D eigenvalue weighted by molar-refractivity contribution is -0.130. The number of benzene rings is 1. The van der Waals surface area contributed by atoms with E-state index in [0.29, 0.717) is 0 Å². The summed E-state index contributed by atoms with van der Waals surface area (Å²) in [5.41, 5.74) is 3.00. The highest BCUT2D eigenvalue weighted by atomic mass is 32.1. The maximum atomic E-state index is 12.2. The van der Waals surface area contributed by atoms with E-state index in [1.54, 1.807) is 7.05 Å². The molecule has 0 aliphatic carbocycles. The van der Waals surface area contributed by atoms with E-state index >= 15 is 0 Å². The van der Waals surface area contributed by atoms with Gasteiger partial charge < -0.3 is 14.7 Å². The Bertz CT molecular complexity index is 657. The molecule has 1 aromatic carbocycles. The molecule has 1 aromatic heterocycles. The summed E-state index contributed by atoms with van der Waals surface area (Å²) in [6.07, 6.45) is -0.439. The van der Waals surface area contributed by atoms with Crippen molar-refractivity contribution >= 4 is 17.2 Å². The number of methoxy groups -OCH3 is 1. The van der Waals surface area contributed by atoms with Crippen LogP contribution >= 0.6 is 11.3 Å². The molecule has 2 aromatic rings. The molecule has 1 unspecified atom stereocenters. The Labute approximate surface area is 140 Å². The van der Waals surface area contributed by atoms with Gasteiger partial charge in [-0.1, -0.05) is 23.8 Å². The molecule has 0 spiro atoms.